The molecule has 2 heterocycles. The molecule has 0 radical (unpaired) electrons. The number of nitrogens with zero attached hydrogens (tertiary/aromatic N) is 2. The highest BCUT2D eigenvalue weighted by Crippen LogP contribution is 2.27. The fourth-order valence-electron chi connectivity index (χ4n) is 3.11. The van der Waals surface area contributed by atoms with E-state index < -0.39 is 0 Å². The first kappa shape index (κ1) is 17.0. The molecule has 2 aromatic rings. The summed E-state index contributed by atoms with van der Waals surface area (Å²) in [5.41, 5.74) is 1.04. The van der Waals surface area contributed by atoms with E-state index in [-0.39, 0.29) is 0 Å². The molecule has 1 unspecified atom stereocenters. The summed E-state index contributed by atoms with van der Waals surface area (Å²) >= 11 is 1.79. The minimum Gasteiger partial charge on any atom is -0.497 e. The molecular formula is C18H25N3O2S. The zero-order valence-corrected chi connectivity index (χ0v) is 15.4. The first-order valence-electron chi connectivity index (χ1n) is 8.29. The molecule has 5 nitrogen and oxygen atoms in total. The average molecular weight is 347 g/mol. The molecule has 0 spiro atoms. The fourth-order valence-corrected chi connectivity index (χ4v) is 3.94. The largest absolute Gasteiger partial charge is 0.497 e. The van der Waals surface area contributed by atoms with E-state index in [0.717, 1.165) is 36.8 Å². The molecule has 1 aliphatic heterocycles. The third kappa shape index (κ3) is 4.39. The number of hydrogen-bond donors (Lipinski definition) is 1. The summed E-state index contributed by atoms with van der Waals surface area (Å²) in [5.74, 6) is 1.62. The smallest absolute Gasteiger partial charge is 0.124 e. The van der Waals surface area contributed by atoms with Gasteiger partial charge in [0.2, 0.25) is 0 Å². The van der Waals surface area contributed by atoms with Crippen LogP contribution in [0, 0.1) is 6.92 Å². The number of hydrogen-bond acceptors (Lipinski definition) is 6. The molecule has 0 bridgehead atoms. The lowest BCUT2D eigenvalue weighted by Gasteiger charge is -2.33. The standard InChI is InChI=1S/C18H25N3O2S/c1-13-10-19-18(24-13)12-21-6-4-5-14(11-21)20-15-7-16(22-2)9-17(8-15)23-3/h7-10,14,20H,4-6,11-12H2,1-3H3. The number of rotatable bonds is 6. The number of benzene rings is 1. The minimum absolute atomic E-state index is 0.427. The lowest BCUT2D eigenvalue weighted by molar-refractivity contribution is 0.208. The van der Waals surface area contributed by atoms with E-state index in [2.05, 4.69) is 22.1 Å². The van der Waals surface area contributed by atoms with Crippen molar-refractivity contribution in [2.75, 3.05) is 32.6 Å². The molecule has 6 heteroatoms. The van der Waals surface area contributed by atoms with Crippen LogP contribution < -0.4 is 14.8 Å². The second-order valence-corrected chi connectivity index (χ2v) is 7.50. The molecule has 1 aromatic heterocycles. The zero-order chi connectivity index (χ0) is 16.9. The van der Waals surface area contributed by atoms with Gasteiger partial charge in [0, 0.05) is 47.5 Å². The highest BCUT2D eigenvalue weighted by Gasteiger charge is 2.21. The van der Waals surface area contributed by atoms with E-state index >= 15 is 0 Å². The van der Waals surface area contributed by atoms with Gasteiger partial charge in [-0.2, -0.15) is 0 Å². The third-order valence-electron chi connectivity index (χ3n) is 4.26. The van der Waals surface area contributed by atoms with Gasteiger partial charge in [0.05, 0.1) is 20.8 Å². The number of ether oxygens (including phenoxy) is 2. The lowest BCUT2D eigenvalue weighted by atomic mass is 10.1. The molecule has 3 rings (SSSR count). The zero-order valence-electron chi connectivity index (χ0n) is 14.5. The van der Waals surface area contributed by atoms with Gasteiger partial charge in [0.15, 0.2) is 0 Å². The van der Waals surface area contributed by atoms with Gasteiger partial charge in [-0.1, -0.05) is 0 Å². The molecule has 0 saturated carbocycles. The summed E-state index contributed by atoms with van der Waals surface area (Å²) < 4.78 is 10.7. The average Bonchev–Trinajstić information content (AvgIpc) is 2.99. The number of piperidine rings is 1. The van der Waals surface area contributed by atoms with Crippen LogP contribution in [0.2, 0.25) is 0 Å². The van der Waals surface area contributed by atoms with Gasteiger partial charge in [-0.05, 0) is 26.3 Å². The van der Waals surface area contributed by atoms with E-state index in [1.54, 1.807) is 25.6 Å². The molecule has 1 fully saturated rings. The SMILES string of the molecule is COc1cc(NC2CCCN(Cc3ncc(C)s3)C2)cc(OC)c1. The number of nitrogens with one attached hydrogen (secondary N) is 1. The Hall–Kier alpha value is -1.79. The highest BCUT2D eigenvalue weighted by atomic mass is 32.1. The van der Waals surface area contributed by atoms with Gasteiger partial charge in [0.25, 0.3) is 0 Å². The Morgan fingerprint density at radius 3 is 2.62 bits per heavy atom. The van der Waals surface area contributed by atoms with Crippen molar-refractivity contribution in [2.24, 2.45) is 0 Å². The maximum Gasteiger partial charge on any atom is 0.124 e. The van der Waals surface area contributed by atoms with Crippen LogP contribution in [0.4, 0.5) is 5.69 Å². The van der Waals surface area contributed by atoms with Crippen molar-refractivity contribution in [3.8, 4) is 11.5 Å². The number of likely N-dealkylation sites (tertiary alicyclic amines) is 1. The van der Waals surface area contributed by atoms with E-state index in [9.17, 15) is 0 Å². The molecule has 0 amide bonds. The highest BCUT2D eigenvalue weighted by molar-refractivity contribution is 7.11. The van der Waals surface area contributed by atoms with Crippen LogP contribution in [0.3, 0.4) is 0 Å². The van der Waals surface area contributed by atoms with Crippen molar-refractivity contribution in [3.63, 3.8) is 0 Å². The Morgan fingerprint density at radius 1 is 1.25 bits per heavy atom. The van der Waals surface area contributed by atoms with Crippen molar-refractivity contribution < 1.29 is 9.47 Å². The van der Waals surface area contributed by atoms with Crippen molar-refractivity contribution in [2.45, 2.75) is 32.4 Å². The lowest BCUT2D eigenvalue weighted by Crippen LogP contribution is -2.41. The Labute approximate surface area is 147 Å². The topological polar surface area (TPSA) is 46.6 Å². The van der Waals surface area contributed by atoms with Gasteiger partial charge in [-0.3, -0.25) is 4.90 Å². The Balaban J connectivity index is 1.62. The van der Waals surface area contributed by atoms with Crippen LogP contribution in [0.15, 0.2) is 24.4 Å². The summed E-state index contributed by atoms with van der Waals surface area (Å²) in [4.78, 5) is 8.25. The van der Waals surface area contributed by atoms with Gasteiger partial charge < -0.3 is 14.8 Å². The minimum atomic E-state index is 0.427. The van der Waals surface area contributed by atoms with Gasteiger partial charge in [-0.25, -0.2) is 4.98 Å². The summed E-state index contributed by atoms with van der Waals surface area (Å²) in [7, 11) is 3.35. The summed E-state index contributed by atoms with van der Waals surface area (Å²) in [6, 6.07) is 6.36. The van der Waals surface area contributed by atoms with Gasteiger partial charge >= 0.3 is 0 Å². The summed E-state index contributed by atoms with van der Waals surface area (Å²) in [6.45, 7) is 5.21. The Kier molecular flexibility index (Phi) is 5.58. The summed E-state index contributed by atoms with van der Waals surface area (Å²) in [6.07, 6.45) is 4.33. The summed E-state index contributed by atoms with van der Waals surface area (Å²) in [5, 5.41) is 4.84. The molecule has 0 aliphatic carbocycles. The second-order valence-electron chi connectivity index (χ2n) is 6.18. The van der Waals surface area contributed by atoms with Crippen molar-refractivity contribution >= 4 is 17.0 Å². The normalized spacial score (nSPS) is 18.4. The Bertz CT molecular complexity index is 652. The third-order valence-corrected chi connectivity index (χ3v) is 5.15. The maximum absolute atomic E-state index is 5.35. The molecule has 1 aliphatic rings. The first-order valence-corrected chi connectivity index (χ1v) is 9.11. The predicted octanol–water partition coefficient (Wildman–Crippen LogP) is 3.55. The second kappa shape index (κ2) is 7.85. The van der Waals surface area contributed by atoms with Crippen LogP contribution in [0.5, 0.6) is 11.5 Å². The van der Waals surface area contributed by atoms with Gasteiger partial charge in [-0.15, -0.1) is 11.3 Å². The molecule has 1 N–H and O–H groups in total. The molecule has 1 saturated heterocycles. The van der Waals surface area contributed by atoms with E-state index in [1.807, 2.05) is 24.4 Å². The van der Waals surface area contributed by atoms with Crippen LogP contribution in [0.25, 0.3) is 0 Å². The molecule has 1 aromatic carbocycles. The van der Waals surface area contributed by atoms with E-state index in [4.69, 9.17) is 9.47 Å². The van der Waals surface area contributed by atoms with Crippen LogP contribution in [-0.4, -0.2) is 43.2 Å². The maximum atomic E-state index is 5.35. The van der Waals surface area contributed by atoms with Gasteiger partial charge in [0.1, 0.15) is 16.5 Å². The monoisotopic (exact) mass is 347 g/mol. The van der Waals surface area contributed by atoms with Crippen molar-refractivity contribution in [3.05, 3.63) is 34.3 Å². The number of thiazole rings is 1. The molecular weight excluding hydrogens is 322 g/mol. The number of anilines is 1. The predicted molar refractivity (Wildman–Crippen MR) is 98.3 cm³/mol. The number of methoxy groups -OCH3 is 2. The van der Waals surface area contributed by atoms with E-state index in [0.29, 0.717) is 6.04 Å². The number of aromatic nitrogens is 1. The quantitative estimate of drug-likeness (QED) is 0.866. The Morgan fingerprint density at radius 2 is 2.00 bits per heavy atom. The van der Waals surface area contributed by atoms with Crippen LogP contribution in [-0.2, 0) is 6.54 Å². The molecule has 24 heavy (non-hydrogen) atoms. The van der Waals surface area contributed by atoms with Crippen LogP contribution >= 0.6 is 11.3 Å². The fraction of sp³-hybridized carbons (Fsp3) is 0.500. The van der Waals surface area contributed by atoms with Crippen LogP contribution in [0.1, 0.15) is 22.7 Å². The van der Waals surface area contributed by atoms with Crippen molar-refractivity contribution in [1.82, 2.24) is 9.88 Å². The number of aryl methyl sites for hydroxylation is 1. The first-order chi connectivity index (χ1) is 11.7. The molecule has 130 valence electrons. The molecule has 1 atom stereocenters. The van der Waals surface area contributed by atoms with Crippen molar-refractivity contribution in [1.29, 1.82) is 0 Å². The van der Waals surface area contributed by atoms with E-state index in [1.165, 1.54) is 22.7 Å².